The minimum absolute atomic E-state index is 0.0777. The fourth-order valence-electron chi connectivity index (χ4n) is 4.14. The predicted molar refractivity (Wildman–Crippen MR) is 96.4 cm³/mol. The lowest BCUT2D eigenvalue weighted by molar-refractivity contribution is -0.114. The van der Waals surface area contributed by atoms with E-state index in [4.69, 9.17) is 11.6 Å². The van der Waals surface area contributed by atoms with Gasteiger partial charge in [0.2, 0.25) is 5.91 Å². The van der Waals surface area contributed by atoms with E-state index in [0.29, 0.717) is 28.4 Å². The molecule has 1 heterocycles. The molecule has 0 bridgehead atoms. The number of hydrogen-bond donors (Lipinski definition) is 2. The van der Waals surface area contributed by atoms with Crippen molar-refractivity contribution >= 4 is 34.9 Å². The predicted octanol–water partition coefficient (Wildman–Crippen LogP) is 4.48. The second-order valence-electron chi connectivity index (χ2n) is 6.91. The highest BCUT2D eigenvalue weighted by Gasteiger charge is 2.42. The van der Waals surface area contributed by atoms with Crippen molar-refractivity contribution in [1.29, 1.82) is 0 Å². The number of halogens is 1. The third kappa shape index (κ3) is 3.51. The number of hydrogen-bond acceptors (Lipinski definition) is 2. The van der Waals surface area contributed by atoms with Gasteiger partial charge >= 0.3 is 6.03 Å². The average Bonchev–Trinajstić information content (AvgIpc) is 2.85. The maximum atomic E-state index is 12.8. The molecule has 0 radical (unpaired) electrons. The van der Waals surface area contributed by atoms with E-state index in [0.717, 1.165) is 12.8 Å². The van der Waals surface area contributed by atoms with Crippen LogP contribution in [0.25, 0.3) is 0 Å². The second-order valence-corrected chi connectivity index (χ2v) is 7.32. The number of rotatable bonds is 2. The highest BCUT2D eigenvalue weighted by Crippen LogP contribution is 2.40. The van der Waals surface area contributed by atoms with Crippen LogP contribution in [0.15, 0.2) is 18.2 Å². The third-order valence-corrected chi connectivity index (χ3v) is 5.42. The number of amides is 3. The van der Waals surface area contributed by atoms with E-state index >= 15 is 0 Å². The van der Waals surface area contributed by atoms with E-state index in [1.54, 1.807) is 18.2 Å². The van der Waals surface area contributed by atoms with Gasteiger partial charge in [-0.3, -0.25) is 4.79 Å². The summed E-state index contributed by atoms with van der Waals surface area (Å²) in [5, 5.41) is 6.04. The summed E-state index contributed by atoms with van der Waals surface area (Å²) in [5.74, 6) is 0.481. The lowest BCUT2D eigenvalue weighted by Crippen LogP contribution is -2.44. The third-order valence-electron chi connectivity index (χ3n) is 5.11. The number of nitrogens with one attached hydrogen (secondary N) is 2. The summed E-state index contributed by atoms with van der Waals surface area (Å²) >= 11 is 6.25. The smallest absolute Gasteiger partial charge is 0.322 e. The lowest BCUT2D eigenvalue weighted by Gasteiger charge is -2.33. The van der Waals surface area contributed by atoms with E-state index in [9.17, 15) is 9.59 Å². The molecule has 1 aliphatic heterocycles. The highest BCUT2D eigenvalue weighted by molar-refractivity contribution is 6.34. The first-order valence-electron chi connectivity index (χ1n) is 8.62. The number of urea groups is 1. The Bertz CT molecular complexity index is 649. The first-order chi connectivity index (χ1) is 11.5. The molecule has 0 spiro atoms. The van der Waals surface area contributed by atoms with Crippen LogP contribution in [-0.4, -0.2) is 28.9 Å². The molecule has 2 fully saturated rings. The molecule has 3 rings (SSSR count). The maximum absolute atomic E-state index is 12.8. The minimum atomic E-state index is -0.155. The van der Waals surface area contributed by atoms with Crippen molar-refractivity contribution in [1.82, 2.24) is 4.90 Å². The van der Waals surface area contributed by atoms with E-state index in [2.05, 4.69) is 17.6 Å². The summed E-state index contributed by atoms with van der Waals surface area (Å²) in [4.78, 5) is 25.9. The van der Waals surface area contributed by atoms with Gasteiger partial charge in [0, 0.05) is 24.7 Å². The fraction of sp³-hybridized carbons (Fsp3) is 0.556. The topological polar surface area (TPSA) is 61.4 Å². The number of carbonyl (C=O) groups is 2. The van der Waals surface area contributed by atoms with E-state index in [1.165, 1.54) is 26.2 Å². The van der Waals surface area contributed by atoms with Gasteiger partial charge in [-0.2, -0.15) is 0 Å². The molecule has 1 aromatic rings. The molecule has 130 valence electrons. The van der Waals surface area contributed by atoms with Gasteiger partial charge in [0.15, 0.2) is 0 Å². The molecule has 24 heavy (non-hydrogen) atoms. The molecule has 2 N–H and O–H groups in total. The fourth-order valence-corrected chi connectivity index (χ4v) is 4.36. The van der Waals surface area contributed by atoms with Gasteiger partial charge in [-0.25, -0.2) is 4.79 Å². The number of likely N-dealkylation sites (tertiary alicyclic amines) is 1. The van der Waals surface area contributed by atoms with Crippen LogP contribution in [0.5, 0.6) is 0 Å². The van der Waals surface area contributed by atoms with Crippen LogP contribution < -0.4 is 10.6 Å². The maximum Gasteiger partial charge on any atom is 0.322 e. The first-order valence-corrected chi connectivity index (χ1v) is 9.00. The highest BCUT2D eigenvalue weighted by atomic mass is 35.5. The van der Waals surface area contributed by atoms with Crippen LogP contribution in [0.1, 0.15) is 46.0 Å². The Morgan fingerprint density at radius 3 is 2.67 bits per heavy atom. The first kappa shape index (κ1) is 17.1. The standard InChI is InChI=1S/C18H24ClN3O2/c1-11-9-13-5-3-4-6-17(13)22(11)18(24)21-16-8-7-14(10-15(16)19)20-12(2)23/h7-8,10-11,13,17H,3-6,9H2,1-2H3,(H,20,23)(H,21,24)/t11-,13+,17-/m1/s1. The molecule has 2 aliphatic rings. The van der Waals surface area contributed by atoms with Crippen molar-refractivity contribution in [2.24, 2.45) is 5.92 Å². The van der Waals surface area contributed by atoms with Crippen molar-refractivity contribution in [2.75, 3.05) is 10.6 Å². The van der Waals surface area contributed by atoms with Gasteiger partial charge in [0.05, 0.1) is 10.7 Å². The van der Waals surface area contributed by atoms with E-state index in [1.807, 2.05) is 4.90 Å². The van der Waals surface area contributed by atoms with Crippen LogP contribution >= 0.6 is 11.6 Å². The Labute approximate surface area is 147 Å². The summed E-state index contributed by atoms with van der Waals surface area (Å²) in [5.41, 5.74) is 1.19. The van der Waals surface area contributed by atoms with Gasteiger partial charge in [-0.05, 0) is 50.3 Å². The molecule has 3 atom stereocenters. The Kier molecular flexibility index (Phi) is 4.99. The lowest BCUT2D eigenvalue weighted by atomic mass is 9.85. The molecule has 0 unspecified atom stereocenters. The van der Waals surface area contributed by atoms with Crippen LogP contribution in [0.3, 0.4) is 0 Å². The Hall–Kier alpha value is -1.75. The van der Waals surface area contributed by atoms with E-state index in [-0.39, 0.29) is 18.0 Å². The largest absolute Gasteiger partial charge is 0.326 e. The molecule has 6 heteroatoms. The normalized spacial score (nSPS) is 26.0. The quantitative estimate of drug-likeness (QED) is 0.826. The number of anilines is 2. The molecule has 1 aliphatic carbocycles. The molecular weight excluding hydrogens is 326 g/mol. The van der Waals surface area contributed by atoms with Crippen LogP contribution in [0.4, 0.5) is 16.2 Å². The second kappa shape index (κ2) is 7.01. The number of carbonyl (C=O) groups excluding carboxylic acids is 2. The van der Waals surface area contributed by atoms with Crippen molar-refractivity contribution in [3.63, 3.8) is 0 Å². The summed E-state index contributed by atoms with van der Waals surface area (Å²) in [7, 11) is 0. The van der Waals surface area contributed by atoms with Crippen LogP contribution in [0.2, 0.25) is 5.02 Å². The zero-order valence-corrected chi connectivity index (χ0v) is 14.9. The Balaban J connectivity index is 1.71. The molecule has 1 aromatic carbocycles. The van der Waals surface area contributed by atoms with Gasteiger partial charge in [-0.1, -0.05) is 24.4 Å². The molecule has 0 aromatic heterocycles. The number of nitrogens with zero attached hydrogens (tertiary/aromatic N) is 1. The zero-order valence-electron chi connectivity index (χ0n) is 14.1. The molecule has 5 nitrogen and oxygen atoms in total. The Morgan fingerprint density at radius 1 is 1.21 bits per heavy atom. The molecule has 1 saturated heterocycles. The molecule has 3 amide bonds. The summed E-state index contributed by atoms with van der Waals surface area (Å²) in [6, 6.07) is 5.65. The van der Waals surface area contributed by atoms with Crippen molar-refractivity contribution in [3.05, 3.63) is 23.2 Å². The van der Waals surface area contributed by atoms with Crippen LogP contribution in [-0.2, 0) is 4.79 Å². The number of benzene rings is 1. The zero-order chi connectivity index (χ0) is 17.3. The number of fused-ring (bicyclic) bond motifs is 1. The van der Waals surface area contributed by atoms with Gasteiger partial charge < -0.3 is 15.5 Å². The van der Waals surface area contributed by atoms with Gasteiger partial charge in [-0.15, -0.1) is 0 Å². The SMILES string of the molecule is CC(=O)Nc1ccc(NC(=O)N2[C@H](C)C[C@@H]3CCCC[C@H]32)c(Cl)c1. The summed E-state index contributed by atoms with van der Waals surface area (Å²) < 4.78 is 0. The summed E-state index contributed by atoms with van der Waals surface area (Å²) in [6.45, 7) is 3.57. The monoisotopic (exact) mass is 349 g/mol. The van der Waals surface area contributed by atoms with E-state index < -0.39 is 0 Å². The average molecular weight is 350 g/mol. The van der Waals surface area contributed by atoms with Crippen LogP contribution in [0, 0.1) is 5.92 Å². The van der Waals surface area contributed by atoms with Crippen molar-refractivity contribution in [3.8, 4) is 0 Å². The minimum Gasteiger partial charge on any atom is -0.326 e. The molecular formula is C18H24ClN3O2. The Morgan fingerprint density at radius 2 is 1.96 bits per heavy atom. The van der Waals surface area contributed by atoms with Gasteiger partial charge in [0.25, 0.3) is 0 Å². The summed E-state index contributed by atoms with van der Waals surface area (Å²) in [6.07, 6.45) is 5.89. The van der Waals surface area contributed by atoms with Gasteiger partial charge in [0.1, 0.15) is 0 Å². The van der Waals surface area contributed by atoms with Crippen molar-refractivity contribution in [2.45, 2.75) is 58.0 Å². The van der Waals surface area contributed by atoms with Crippen molar-refractivity contribution < 1.29 is 9.59 Å². The molecule has 1 saturated carbocycles.